The summed E-state index contributed by atoms with van der Waals surface area (Å²) >= 11 is 5.85. The third-order valence-electron chi connectivity index (χ3n) is 6.48. The predicted octanol–water partition coefficient (Wildman–Crippen LogP) is 5.33. The van der Waals surface area contributed by atoms with Crippen LogP contribution in [0.3, 0.4) is 0 Å². The van der Waals surface area contributed by atoms with Crippen molar-refractivity contribution in [3.05, 3.63) is 102 Å². The fourth-order valence-electron chi connectivity index (χ4n) is 4.97. The summed E-state index contributed by atoms with van der Waals surface area (Å²) in [5, 5.41) is 17.5. The molecule has 0 radical (unpaired) electrons. The largest absolute Gasteiger partial charge is 0.506 e. The van der Waals surface area contributed by atoms with Gasteiger partial charge in [-0.3, -0.25) is 9.78 Å². The van der Waals surface area contributed by atoms with Crippen molar-refractivity contribution < 1.29 is 9.90 Å². The molecule has 1 amide bonds. The van der Waals surface area contributed by atoms with E-state index in [4.69, 9.17) is 12.2 Å². The lowest BCUT2D eigenvalue weighted by atomic mass is 9.96. The summed E-state index contributed by atoms with van der Waals surface area (Å²) in [5.41, 5.74) is 6.32. The van der Waals surface area contributed by atoms with Crippen molar-refractivity contribution in [2.45, 2.75) is 32.9 Å². The topological polar surface area (TPSA) is 82.4 Å². The van der Waals surface area contributed by atoms with Gasteiger partial charge in [-0.15, -0.1) is 0 Å². The fourth-order valence-corrected chi connectivity index (χ4v) is 5.31. The first-order valence-electron chi connectivity index (χ1n) is 11.7. The second-order valence-corrected chi connectivity index (χ2v) is 9.26. The molecule has 0 bridgehead atoms. The first kappa shape index (κ1) is 23.6. The molecule has 3 heterocycles. The average molecular weight is 498 g/mol. The van der Waals surface area contributed by atoms with E-state index in [1.807, 2.05) is 67.6 Å². The van der Waals surface area contributed by atoms with Gasteiger partial charge in [0.2, 0.25) is 5.91 Å². The van der Waals surface area contributed by atoms with Gasteiger partial charge in [0.15, 0.2) is 5.11 Å². The van der Waals surface area contributed by atoms with Crippen molar-refractivity contribution in [2.24, 2.45) is 0 Å². The molecule has 0 spiro atoms. The maximum Gasteiger partial charge on any atom is 0.221 e. The van der Waals surface area contributed by atoms with Gasteiger partial charge in [0.1, 0.15) is 5.75 Å². The Morgan fingerprint density at radius 1 is 1.06 bits per heavy atom. The van der Waals surface area contributed by atoms with Crippen molar-refractivity contribution in [1.29, 1.82) is 0 Å². The summed E-state index contributed by atoms with van der Waals surface area (Å²) in [6.07, 6.45) is 1.79. The quantitative estimate of drug-likeness (QED) is 0.323. The first-order chi connectivity index (χ1) is 17.3. The van der Waals surface area contributed by atoms with Crippen LogP contribution in [0.4, 0.5) is 11.4 Å². The van der Waals surface area contributed by atoms with Crippen LogP contribution in [0.15, 0.2) is 79.0 Å². The summed E-state index contributed by atoms with van der Waals surface area (Å²) in [6, 6.07) is 22.6. The number of anilines is 2. The van der Waals surface area contributed by atoms with E-state index in [2.05, 4.69) is 38.1 Å². The Kier molecular flexibility index (Phi) is 6.20. The number of hydrogen-bond acceptors (Lipinski definition) is 4. The van der Waals surface area contributed by atoms with Gasteiger partial charge in [-0.2, -0.15) is 0 Å². The molecule has 2 aromatic heterocycles. The molecule has 3 N–H and O–H groups in total. The highest BCUT2D eigenvalue weighted by molar-refractivity contribution is 7.80. The molecule has 1 saturated heterocycles. The molecule has 7 nitrogen and oxygen atoms in total. The Bertz CT molecular complexity index is 1430. The molecule has 1 aliphatic heterocycles. The smallest absolute Gasteiger partial charge is 0.221 e. The van der Waals surface area contributed by atoms with Crippen molar-refractivity contribution in [1.82, 2.24) is 14.9 Å². The third kappa shape index (κ3) is 4.20. The number of hydrogen-bond donors (Lipinski definition) is 3. The molecular formula is C28H27N5O2S. The molecule has 1 fully saturated rings. The van der Waals surface area contributed by atoms with Crippen molar-refractivity contribution in [3.63, 3.8) is 0 Å². The highest BCUT2D eigenvalue weighted by Gasteiger charge is 2.42. The van der Waals surface area contributed by atoms with Crippen LogP contribution in [-0.2, 0) is 4.79 Å². The number of pyridine rings is 1. The van der Waals surface area contributed by atoms with Gasteiger partial charge >= 0.3 is 0 Å². The third-order valence-corrected chi connectivity index (χ3v) is 6.79. The van der Waals surface area contributed by atoms with E-state index in [0.717, 1.165) is 39.7 Å². The normalized spacial score (nSPS) is 17.2. The molecule has 8 heteroatoms. The van der Waals surface area contributed by atoms with E-state index < -0.39 is 0 Å². The van der Waals surface area contributed by atoms with Gasteiger partial charge < -0.3 is 25.2 Å². The number of carbonyl (C=O) groups excluding carboxylic acids is 1. The highest BCUT2D eigenvalue weighted by atomic mass is 32.1. The van der Waals surface area contributed by atoms with Crippen LogP contribution in [0.5, 0.6) is 5.75 Å². The predicted molar refractivity (Wildman–Crippen MR) is 146 cm³/mol. The Morgan fingerprint density at radius 2 is 1.78 bits per heavy atom. The van der Waals surface area contributed by atoms with Gasteiger partial charge in [-0.25, -0.2) is 0 Å². The lowest BCUT2D eigenvalue weighted by molar-refractivity contribution is -0.114. The van der Waals surface area contributed by atoms with Gasteiger partial charge in [0, 0.05) is 35.9 Å². The summed E-state index contributed by atoms with van der Waals surface area (Å²) in [5.74, 6) is 0.100. The number of thiocarbonyl (C=S) groups is 1. The lowest BCUT2D eigenvalue weighted by Gasteiger charge is -2.28. The summed E-state index contributed by atoms with van der Waals surface area (Å²) in [6.45, 7) is 5.58. The van der Waals surface area contributed by atoms with Crippen molar-refractivity contribution >= 4 is 34.6 Å². The van der Waals surface area contributed by atoms with E-state index in [1.54, 1.807) is 12.3 Å². The first-order valence-corrected chi connectivity index (χ1v) is 12.1. The molecule has 5 rings (SSSR count). The van der Waals surface area contributed by atoms with Crippen molar-refractivity contribution in [2.75, 3.05) is 10.2 Å². The number of para-hydroxylation sites is 2. The minimum atomic E-state index is -0.190. The van der Waals surface area contributed by atoms with Crippen LogP contribution in [0.2, 0.25) is 0 Å². The molecule has 1 aliphatic rings. The molecular weight excluding hydrogens is 470 g/mol. The minimum Gasteiger partial charge on any atom is -0.506 e. The number of nitrogens with zero attached hydrogens (tertiary/aromatic N) is 3. The second-order valence-electron chi connectivity index (χ2n) is 8.88. The van der Waals surface area contributed by atoms with Crippen LogP contribution >= 0.6 is 12.2 Å². The van der Waals surface area contributed by atoms with Crippen molar-refractivity contribution in [3.8, 4) is 11.4 Å². The van der Waals surface area contributed by atoms with E-state index in [-0.39, 0.29) is 23.7 Å². The Hall–Kier alpha value is -4.17. The van der Waals surface area contributed by atoms with Gasteiger partial charge in [-0.1, -0.05) is 18.2 Å². The number of phenols is 1. The van der Waals surface area contributed by atoms with Gasteiger partial charge in [0.25, 0.3) is 0 Å². The zero-order valence-corrected chi connectivity index (χ0v) is 21.1. The number of phenolic OH excluding ortho intramolecular Hbond substituents is 1. The van der Waals surface area contributed by atoms with Crippen LogP contribution in [0.1, 0.15) is 41.7 Å². The zero-order chi connectivity index (χ0) is 25.4. The number of aromatic nitrogens is 2. The standard InChI is InChI=1S/C28H27N5O2S/c1-17-16-22(18(2)32(17)24-9-4-5-10-25(24)35)27-26(23-8-6-7-15-29-23)31-28(36)33(27)21-13-11-20(12-14-21)30-19(3)34/h4-16,26-27,35H,1-3H3,(H,30,34)(H,31,36)/t26-,27-/m1/s1. The summed E-state index contributed by atoms with van der Waals surface area (Å²) in [7, 11) is 0. The van der Waals surface area contributed by atoms with E-state index >= 15 is 0 Å². The fraction of sp³-hybridized carbons (Fsp3) is 0.179. The molecule has 2 atom stereocenters. The average Bonchev–Trinajstić information content (AvgIpc) is 3.35. The Morgan fingerprint density at radius 3 is 2.44 bits per heavy atom. The maximum atomic E-state index is 11.5. The van der Waals surface area contributed by atoms with E-state index in [1.165, 1.54) is 6.92 Å². The molecule has 0 saturated carbocycles. The van der Waals surface area contributed by atoms with Gasteiger partial charge in [-0.05, 0) is 86.2 Å². The van der Waals surface area contributed by atoms with Crippen LogP contribution in [-0.4, -0.2) is 25.7 Å². The Labute approximate surface area is 215 Å². The lowest BCUT2D eigenvalue weighted by Crippen LogP contribution is -2.29. The number of amides is 1. The summed E-state index contributed by atoms with van der Waals surface area (Å²) in [4.78, 5) is 18.2. The van der Waals surface area contributed by atoms with Crippen LogP contribution < -0.4 is 15.5 Å². The minimum absolute atomic E-state index is 0.120. The summed E-state index contributed by atoms with van der Waals surface area (Å²) < 4.78 is 2.07. The van der Waals surface area contributed by atoms with Gasteiger partial charge in [0.05, 0.1) is 23.5 Å². The molecule has 4 aromatic rings. The van der Waals surface area contributed by atoms with Crippen LogP contribution in [0.25, 0.3) is 5.69 Å². The SMILES string of the molecule is CC(=O)Nc1ccc(N2C(=S)N[C@H](c3ccccn3)[C@H]2c2cc(C)n(-c3ccccc3O)c2C)cc1. The molecule has 36 heavy (non-hydrogen) atoms. The molecule has 0 unspecified atom stereocenters. The Balaban J connectivity index is 1.64. The second kappa shape index (κ2) is 9.47. The molecule has 182 valence electrons. The van der Waals surface area contributed by atoms with Crippen LogP contribution in [0, 0.1) is 13.8 Å². The number of rotatable bonds is 5. The highest BCUT2D eigenvalue weighted by Crippen LogP contribution is 2.44. The van der Waals surface area contributed by atoms with E-state index in [9.17, 15) is 9.90 Å². The number of carbonyl (C=O) groups is 1. The van der Waals surface area contributed by atoms with E-state index in [0.29, 0.717) is 5.11 Å². The molecule has 0 aliphatic carbocycles. The maximum absolute atomic E-state index is 11.5. The number of aryl methyl sites for hydroxylation is 1. The number of aromatic hydroxyl groups is 1. The number of nitrogens with one attached hydrogen (secondary N) is 2. The molecule has 2 aromatic carbocycles. The number of benzene rings is 2. The monoisotopic (exact) mass is 497 g/mol. The zero-order valence-electron chi connectivity index (χ0n) is 20.3.